The number of halogens is 3. The van der Waals surface area contributed by atoms with Gasteiger partial charge in [0.1, 0.15) is 6.07 Å². The van der Waals surface area contributed by atoms with Crippen LogP contribution in [0.5, 0.6) is 0 Å². The average molecular weight is 410 g/mol. The van der Waals surface area contributed by atoms with Gasteiger partial charge < -0.3 is 5.11 Å². The summed E-state index contributed by atoms with van der Waals surface area (Å²) in [6, 6.07) is 5.38. The van der Waals surface area contributed by atoms with Crippen LogP contribution in [0.4, 0.5) is 0 Å². The number of aliphatic carboxylic acids is 1. The summed E-state index contributed by atoms with van der Waals surface area (Å²) in [5.41, 5.74) is 0.590. The molecule has 0 aliphatic heterocycles. The molecule has 0 aliphatic rings. The molecule has 0 bridgehead atoms. The molecule has 0 saturated carbocycles. The van der Waals surface area contributed by atoms with Crippen molar-refractivity contribution < 1.29 is 9.90 Å². The smallest absolute Gasteiger partial charge is 0.329 e. The first-order valence-corrected chi connectivity index (χ1v) is 6.34. The summed E-state index contributed by atoms with van der Waals surface area (Å²) in [6.45, 7) is 0. The lowest BCUT2D eigenvalue weighted by Crippen LogP contribution is -1.93. The van der Waals surface area contributed by atoms with Gasteiger partial charge in [-0.3, -0.25) is 0 Å². The van der Waals surface area contributed by atoms with Crippen molar-refractivity contribution in [2.75, 3.05) is 0 Å². The number of carbonyl (C=O) groups is 1. The van der Waals surface area contributed by atoms with Gasteiger partial charge in [-0.25, -0.2) is 4.79 Å². The zero-order valence-electron chi connectivity index (χ0n) is 7.67. The fourth-order valence-electron chi connectivity index (χ4n) is 1.06. The van der Waals surface area contributed by atoms with Gasteiger partial charge in [-0.15, -0.1) is 0 Å². The molecule has 1 rings (SSSR count). The van der Waals surface area contributed by atoms with Crippen LogP contribution in [-0.4, -0.2) is 11.1 Å². The monoisotopic (exact) mass is 407 g/mol. The standard InChI is InChI=1S/C10H4Br3NO2/c11-6-1-2-7(12)10(13)9(6)5(4-14)3-8(15)16/h1-3H,(H,15,16). The van der Waals surface area contributed by atoms with Gasteiger partial charge in [-0.2, -0.15) is 5.26 Å². The second kappa shape index (κ2) is 5.62. The highest BCUT2D eigenvalue weighted by molar-refractivity contribution is 9.13. The average Bonchev–Trinajstić information content (AvgIpc) is 2.22. The molecule has 1 aromatic rings. The number of nitrogens with zero attached hydrogens (tertiary/aromatic N) is 1. The van der Waals surface area contributed by atoms with Gasteiger partial charge in [0.05, 0.1) is 5.57 Å². The van der Waals surface area contributed by atoms with E-state index in [2.05, 4.69) is 47.8 Å². The second-order valence-electron chi connectivity index (χ2n) is 2.73. The van der Waals surface area contributed by atoms with Crippen molar-refractivity contribution in [2.45, 2.75) is 0 Å². The molecule has 0 amide bonds. The Morgan fingerprint density at radius 3 is 2.38 bits per heavy atom. The topological polar surface area (TPSA) is 61.1 Å². The minimum absolute atomic E-state index is 0.0764. The first-order chi connectivity index (χ1) is 7.47. The molecule has 6 heteroatoms. The predicted octanol–water partition coefficient (Wildman–Crippen LogP) is 3.97. The van der Waals surface area contributed by atoms with Crippen LogP contribution in [0.1, 0.15) is 5.56 Å². The van der Waals surface area contributed by atoms with Crippen molar-refractivity contribution in [2.24, 2.45) is 0 Å². The van der Waals surface area contributed by atoms with Crippen LogP contribution in [-0.2, 0) is 4.79 Å². The molecule has 0 atom stereocenters. The third kappa shape index (κ3) is 2.94. The van der Waals surface area contributed by atoms with Crippen LogP contribution < -0.4 is 0 Å². The first-order valence-electron chi connectivity index (χ1n) is 3.96. The lowest BCUT2D eigenvalue weighted by Gasteiger charge is -2.07. The molecule has 0 aromatic heterocycles. The normalized spacial score (nSPS) is 11.0. The molecule has 1 aromatic carbocycles. The van der Waals surface area contributed by atoms with Crippen molar-refractivity contribution in [1.29, 1.82) is 5.26 Å². The number of benzene rings is 1. The first kappa shape index (κ1) is 13.4. The third-order valence-electron chi connectivity index (χ3n) is 1.70. The number of hydrogen-bond donors (Lipinski definition) is 1. The summed E-state index contributed by atoms with van der Waals surface area (Å²) >= 11 is 9.87. The minimum Gasteiger partial charge on any atom is -0.478 e. The van der Waals surface area contributed by atoms with E-state index in [1.54, 1.807) is 12.1 Å². The van der Waals surface area contributed by atoms with Crippen LogP contribution in [0, 0.1) is 11.3 Å². The largest absolute Gasteiger partial charge is 0.478 e. The maximum absolute atomic E-state index is 10.6. The maximum Gasteiger partial charge on any atom is 0.329 e. The second-order valence-corrected chi connectivity index (χ2v) is 5.23. The molecule has 0 aliphatic carbocycles. The van der Waals surface area contributed by atoms with Crippen LogP contribution in [0.3, 0.4) is 0 Å². The number of hydrogen-bond acceptors (Lipinski definition) is 2. The Hall–Kier alpha value is -0.640. The molecule has 0 saturated heterocycles. The van der Waals surface area contributed by atoms with Crippen LogP contribution in [0.25, 0.3) is 5.57 Å². The van der Waals surface area contributed by atoms with Gasteiger partial charge in [0, 0.05) is 25.1 Å². The van der Waals surface area contributed by atoms with E-state index in [0.717, 1.165) is 10.5 Å². The Balaban J connectivity index is 3.49. The van der Waals surface area contributed by atoms with E-state index in [1.165, 1.54) is 0 Å². The van der Waals surface area contributed by atoms with E-state index in [-0.39, 0.29) is 5.57 Å². The quantitative estimate of drug-likeness (QED) is 0.457. The predicted molar refractivity (Wildman–Crippen MR) is 70.8 cm³/mol. The number of carboxylic acid groups (broad SMARTS) is 1. The molecule has 0 spiro atoms. The third-order valence-corrected chi connectivity index (χ3v) is 4.38. The Kier molecular flexibility index (Phi) is 4.71. The molecule has 0 unspecified atom stereocenters. The van der Waals surface area contributed by atoms with E-state index in [1.807, 2.05) is 6.07 Å². The summed E-state index contributed by atoms with van der Waals surface area (Å²) < 4.78 is 2.03. The van der Waals surface area contributed by atoms with Gasteiger partial charge >= 0.3 is 5.97 Å². The molecule has 16 heavy (non-hydrogen) atoms. The lowest BCUT2D eigenvalue weighted by molar-refractivity contribution is -0.131. The van der Waals surface area contributed by atoms with Gasteiger partial charge in [-0.05, 0) is 44.0 Å². The van der Waals surface area contributed by atoms with Gasteiger partial charge in [0.25, 0.3) is 0 Å². The number of allylic oxidation sites excluding steroid dienone is 1. The Labute approximate surface area is 117 Å². The molecule has 82 valence electrons. The Bertz CT molecular complexity index is 518. The molecule has 0 radical (unpaired) electrons. The SMILES string of the molecule is N#CC(=CC(=O)O)c1c(Br)ccc(Br)c1Br. The molecular formula is C10H4Br3NO2. The van der Waals surface area contributed by atoms with E-state index in [9.17, 15) is 4.79 Å². The summed E-state index contributed by atoms with van der Waals surface area (Å²) in [5.74, 6) is -1.16. The van der Waals surface area contributed by atoms with Crippen molar-refractivity contribution in [3.63, 3.8) is 0 Å². The number of carboxylic acids is 1. The molecular weight excluding hydrogens is 406 g/mol. The maximum atomic E-state index is 10.6. The molecule has 3 nitrogen and oxygen atoms in total. The van der Waals surface area contributed by atoms with Crippen LogP contribution >= 0.6 is 47.8 Å². The van der Waals surface area contributed by atoms with Crippen LogP contribution in [0.2, 0.25) is 0 Å². The van der Waals surface area contributed by atoms with Gasteiger partial charge in [0.15, 0.2) is 0 Å². The van der Waals surface area contributed by atoms with Gasteiger partial charge in [0.2, 0.25) is 0 Å². The van der Waals surface area contributed by atoms with Crippen molar-refractivity contribution in [3.05, 3.63) is 37.2 Å². The zero-order valence-corrected chi connectivity index (χ0v) is 12.4. The zero-order chi connectivity index (χ0) is 12.3. The fourth-order valence-corrected chi connectivity index (χ4v) is 2.76. The Morgan fingerprint density at radius 1 is 1.31 bits per heavy atom. The molecule has 0 fully saturated rings. The van der Waals surface area contributed by atoms with E-state index < -0.39 is 5.97 Å². The summed E-state index contributed by atoms with van der Waals surface area (Å²) in [4.78, 5) is 10.6. The minimum atomic E-state index is -1.16. The van der Waals surface area contributed by atoms with E-state index in [4.69, 9.17) is 10.4 Å². The number of rotatable bonds is 2. The van der Waals surface area contributed by atoms with E-state index in [0.29, 0.717) is 14.5 Å². The van der Waals surface area contributed by atoms with Crippen LogP contribution in [0.15, 0.2) is 31.6 Å². The highest BCUT2D eigenvalue weighted by atomic mass is 79.9. The van der Waals surface area contributed by atoms with Gasteiger partial charge in [-0.1, -0.05) is 15.9 Å². The van der Waals surface area contributed by atoms with Crippen molar-refractivity contribution in [3.8, 4) is 6.07 Å². The number of nitriles is 1. The lowest BCUT2D eigenvalue weighted by atomic mass is 10.1. The summed E-state index contributed by atoms with van der Waals surface area (Å²) in [5, 5.41) is 17.6. The highest BCUT2D eigenvalue weighted by Crippen LogP contribution is 2.36. The fraction of sp³-hybridized carbons (Fsp3) is 0. The summed E-state index contributed by atoms with van der Waals surface area (Å²) in [7, 11) is 0. The van der Waals surface area contributed by atoms with Crippen molar-refractivity contribution in [1.82, 2.24) is 0 Å². The van der Waals surface area contributed by atoms with Crippen molar-refractivity contribution >= 4 is 59.3 Å². The molecule has 1 N–H and O–H groups in total. The molecule has 0 heterocycles. The summed E-state index contributed by atoms with van der Waals surface area (Å²) in [6.07, 6.45) is 0.872. The van der Waals surface area contributed by atoms with E-state index >= 15 is 0 Å². The highest BCUT2D eigenvalue weighted by Gasteiger charge is 2.14. The Morgan fingerprint density at radius 2 is 1.88 bits per heavy atom.